The van der Waals surface area contributed by atoms with Gasteiger partial charge in [0.1, 0.15) is 23.0 Å². The second-order valence-electron chi connectivity index (χ2n) is 4.22. The number of nitrogens with two attached hydrogens (primary N) is 1. The lowest BCUT2D eigenvalue weighted by Gasteiger charge is -2.12. The van der Waals surface area contributed by atoms with Gasteiger partial charge in [-0.25, -0.2) is 4.39 Å². The number of hydrogen-bond donors (Lipinski definition) is 2. The number of nitrogens with one attached hydrogen (secondary N) is 1. The molecule has 2 aromatic rings. The van der Waals surface area contributed by atoms with Crippen LogP contribution in [0.25, 0.3) is 0 Å². The smallest absolute Gasteiger partial charge is 0.259 e. The molecule has 0 heterocycles. The van der Waals surface area contributed by atoms with E-state index in [2.05, 4.69) is 5.32 Å². The Bertz CT molecular complexity index is 654. The van der Waals surface area contributed by atoms with Gasteiger partial charge in [0, 0.05) is 6.07 Å². The first-order valence-corrected chi connectivity index (χ1v) is 6.14. The summed E-state index contributed by atoms with van der Waals surface area (Å²) in [6, 6.07) is 8.90. The molecule has 0 aliphatic carbocycles. The van der Waals surface area contributed by atoms with Gasteiger partial charge in [-0.3, -0.25) is 4.79 Å². The molecule has 0 bridgehead atoms. The summed E-state index contributed by atoms with van der Waals surface area (Å²) in [6.45, 7) is 0. The predicted octanol–water partition coefficient (Wildman–Crippen LogP) is 2.68. The molecule has 3 N–H and O–H groups in total. The molecule has 0 atom stereocenters. The Morgan fingerprint density at radius 3 is 2.57 bits per heavy atom. The van der Waals surface area contributed by atoms with Gasteiger partial charge in [0.05, 0.1) is 25.5 Å². The lowest BCUT2D eigenvalue weighted by Crippen LogP contribution is -2.15. The molecule has 110 valence electrons. The fraction of sp³-hybridized carbons (Fsp3) is 0.133. The van der Waals surface area contributed by atoms with Gasteiger partial charge >= 0.3 is 0 Å². The first-order valence-electron chi connectivity index (χ1n) is 6.14. The molecule has 2 aromatic carbocycles. The lowest BCUT2D eigenvalue weighted by atomic mass is 10.1. The zero-order valence-corrected chi connectivity index (χ0v) is 11.6. The fourth-order valence-electron chi connectivity index (χ4n) is 1.84. The molecule has 0 aliphatic heterocycles. The van der Waals surface area contributed by atoms with E-state index in [0.29, 0.717) is 11.5 Å². The van der Waals surface area contributed by atoms with Crippen LogP contribution in [0.5, 0.6) is 11.5 Å². The SMILES string of the molecule is COc1ccc(C(=O)Nc2c(N)cccc2F)c(OC)c1. The molecule has 0 aromatic heterocycles. The summed E-state index contributed by atoms with van der Waals surface area (Å²) < 4.78 is 23.9. The summed E-state index contributed by atoms with van der Waals surface area (Å²) in [6.07, 6.45) is 0. The number of methoxy groups -OCH3 is 2. The van der Waals surface area contributed by atoms with E-state index >= 15 is 0 Å². The zero-order chi connectivity index (χ0) is 15.4. The normalized spacial score (nSPS) is 10.0. The third-order valence-corrected chi connectivity index (χ3v) is 2.94. The van der Waals surface area contributed by atoms with Crippen molar-refractivity contribution in [3.05, 3.63) is 47.8 Å². The standard InChI is InChI=1S/C15H15FN2O3/c1-20-9-6-7-10(13(8-9)21-2)15(19)18-14-11(16)4-3-5-12(14)17/h3-8H,17H2,1-2H3,(H,18,19). The van der Waals surface area contributed by atoms with Crippen LogP contribution >= 0.6 is 0 Å². The summed E-state index contributed by atoms with van der Waals surface area (Å²) in [5.74, 6) is -0.252. The van der Waals surface area contributed by atoms with Gasteiger partial charge < -0.3 is 20.5 Å². The molecule has 0 spiro atoms. The third-order valence-electron chi connectivity index (χ3n) is 2.94. The summed E-state index contributed by atoms with van der Waals surface area (Å²) in [5.41, 5.74) is 6.00. The molecule has 0 fully saturated rings. The van der Waals surface area contributed by atoms with Crippen LogP contribution in [-0.4, -0.2) is 20.1 Å². The number of hydrogen-bond acceptors (Lipinski definition) is 4. The molecule has 0 radical (unpaired) electrons. The average Bonchev–Trinajstić information content (AvgIpc) is 2.50. The van der Waals surface area contributed by atoms with Crippen LogP contribution in [0.2, 0.25) is 0 Å². The van der Waals surface area contributed by atoms with Crippen molar-refractivity contribution in [2.24, 2.45) is 0 Å². The average molecular weight is 290 g/mol. The van der Waals surface area contributed by atoms with Crippen LogP contribution in [0.15, 0.2) is 36.4 Å². The van der Waals surface area contributed by atoms with E-state index in [9.17, 15) is 9.18 Å². The van der Waals surface area contributed by atoms with Crippen LogP contribution in [0.3, 0.4) is 0 Å². The zero-order valence-electron chi connectivity index (χ0n) is 11.6. The molecule has 5 nitrogen and oxygen atoms in total. The summed E-state index contributed by atoms with van der Waals surface area (Å²) in [7, 11) is 2.94. The van der Waals surface area contributed by atoms with Crippen molar-refractivity contribution in [1.82, 2.24) is 0 Å². The minimum Gasteiger partial charge on any atom is -0.497 e. The molecule has 1 amide bonds. The van der Waals surface area contributed by atoms with Gasteiger partial charge in [-0.05, 0) is 24.3 Å². The van der Waals surface area contributed by atoms with Gasteiger partial charge in [-0.1, -0.05) is 6.07 Å². The molecular formula is C15H15FN2O3. The Balaban J connectivity index is 2.32. The molecule has 21 heavy (non-hydrogen) atoms. The van der Waals surface area contributed by atoms with E-state index in [1.165, 1.54) is 38.5 Å². The monoisotopic (exact) mass is 290 g/mol. The van der Waals surface area contributed by atoms with Gasteiger partial charge in [0.15, 0.2) is 0 Å². The highest BCUT2D eigenvalue weighted by Gasteiger charge is 2.16. The number of carbonyl (C=O) groups excluding carboxylic acids is 1. The summed E-state index contributed by atoms with van der Waals surface area (Å²) in [4.78, 5) is 12.2. The lowest BCUT2D eigenvalue weighted by molar-refractivity contribution is 0.102. The number of halogens is 1. The van der Waals surface area contributed by atoms with E-state index < -0.39 is 11.7 Å². The second-order valence-corrected chi connectivity index (χ2v) is 4.22. The highest BCUT2D eigenvalue weighted by molar-refractivity contribution is 6.07. The molecule has 0 saturated carbocycles. The molecule has 2 rings (SSSR count). The molecule has 0 aliphatic rings. The van der Waals surface area contributed by atoms with Crippen LogP contribution < -0.4 is 20.5 Å². The maximum Gasteiger partial charge on any atom is 0.259 e. The highest BCUT2D eigenvalue weighted by atomic mass is 19.1. The van der Waals surface area contributed by atoms with Crippen LogP contribution in [0.1, 0.15) is 10.4 Å². The fourth-order valence-corrected chi connectivity index (χ4v) is 1.84. The Morgan fingerprint density at radius 1 is 1.19 bits per heavy atom. The van der Waals surface area contributed by atoms with Crippen molar-refractivity contribution in [3.8, 4) is 11.5 Å². The Hall–Kier alpha value is -2.76. The van der Waals surface area contributed by atoms with Gasteiger partial charge in [0.25, 0.3) is 5.91 Å². The number of benzene rings is 2. The van der Waals surface area contributed by atoms with Crippen molar-refractivity contribution >= 4 is 17.3 Å². The van der Waals surface area contributed by atoms with E-state index in [-0.39, 0.29) is 16.9 Å². The van der Waals surface area contributed by atoms with Crippen LogP contribution in [0, 0.1) is 5.82 Å². The van der Waals surface area contributed by atoms with Crippen molar-refractivity contribution in [1.29, 1.82) is 0 Å². The maximum absolute atomic E-state index is 13.7. The summed E-state index contributed by atoms with van der Waals surface area (Å²) >= 11 is 0. The third kappa shape index (κ3) is 3.05. The number of amides is 1. The Morgan fingerprint density at radius 2 is 1.95 bits per heavy atom. The van der Waals surface area contributed by atoms with E-state index in [0.717, 1.165) is 0 Å². The van der Waals surface area contributed by atoms with Crippen molar-refractivity contribution in [2.45, 2.75) is 0 Å². The number of ether oxygens (including phenoxy) is 2. The quantitative estimate of drug-likeness (QED) is 0.849. The van der Waals surface area contributed by atoms with Crippen molar-refractivity contribution in [3.63, 3.8) is 0 Å². The molecular weight excluding hydrogens is 275 g/mol. The number of nitrogen functional groups attached to an aromatic ring is 1. The first-order chi connectivity index (χ1) is 10.1. The van der Waals surface area contributed by atoms with Crippen molar-refractivity contribution in [2.75, 3.05) is 25.3 Å². The van der Waals surface area contributed by atoms with E-state index in [1.54, 1.807) is 12.1 Å². The molecule has 0 saturated heterocycles. The van der Waals surface area contributed by atoms with E-state index in [1.807, 2.05) is 0 Å². The summed E-state index contributed by atoms with van der Waals surface area (Å²) in [5, 5.41) is 2.45. The van der Waals surface area contributed by atoms with Gasteiger partial charge in [-0.15, -0.1) is 0 Å². The number of para-hydroxylation sites is 1. The van der Waals surface area contributed by atoms with Crippen molar-refractivity contribution < 1.29 is 18.7 Å². The first kappa shape index (κ1) is 14.6. The van der Waals surface area contributed by atoms with Gasteiger partial charge in [0.2, 0.25) is 0 Å². The molecule has 0 unspecified atom stereocenters. The maximum atomic E-state index is 13.7. The molecule has 6 heteroatoms. The minimum atomic E-state index is -0.601. The van der Waals surface area contributed by atoms with Crippen LogP contribution in [-0.2, 0) is 0 Å². The Kier molecular flexibility index (Phi) is 4.27. The van der Waals surface area contributed by atoms with Crippen LogP contribution in [0.4, 0.5) is 15.8 Å². The number of anilines is 2. The highest BCUT2D eigenvalue weighted by Crippen LogP contribution is 2.27. The second kappa shape index (κ2) is 6.13. The van der Waals surface area contributed by atoms with Gasteiger partial charge in [-0.2, -0.15) is 0 Å². The van der Waals surface area contributed by atoms with E-state index in [4.69, 9.17) is 15.2 Å². The largest absolute Gasteiger partial charge is 0.497 e. The topological polar surface area (TPSA) is 73.6 Å². The number of rotatable bonds is 4. The predicted molar refractivity (Wildman–Crippen MR) is 78.3 cm³/mol. The minimum absolute atomic E-state index is 0.0552. The Labute approximate surface area is 121 Å². The number of carbonyl (C=O) groups is 1.